The maximum absolute atomic E-state index is 3.40. The zero-order valence-corrected chi connectivity index (χ0v) is 12.3. The van der Waals surface area contributed by atoms with Crippen LogP contribution in [0.1, 0.15) is 33.6 Å². The summed E-state index contributed by atoms with van der Waals surface area (Å²) in [5.41, 5.74) is 0.424. The van der Waals surface area contributed by atoms with E-state index in [1.54, 1.807) is 0 Å². The standard InChI is InChI=1S/C14H31N3/c1-14(2,3)13-16(4)9-5-6-10-17-11-7-15-8-12-17/h15H,5-13H2,1-4H3. The molecule has 102 valence electrons. The van der Waals surface area contributed by atoms with Crippen molar-refractivity contribution in [3.05, 3.63) is 0 Å². The van der Waals surface area contributed by atoms with E-state index in [9.17, 15) is 0 Å². The summed E-state index contributed by atoms with van der Waals surface area (Å²) in [7, 11) is 2.25. The molecule has 0 atom stereocenters. The van der Waals surface area contributed by atoms with Gasteiger partial charge in [-0.3, -0.25) is 0 Å². The van der Waals surface area contributed by atoms with Gasteiger partial charge in [-0.1, -0.05) is 20.8 Å². The molecule has 0 saturated carbocycles. The molecule has 17 heavy (non-hydrogen) atoms. The summed E-state index contributed by atoms with van der Waals surface area (Å²) >= 11 is 0. The number of piperazine rings is 1. The van der Waals surface area contributed by atoms with E-state index in [0.717, 1.165) is 0 Å². The van der Waals surface area contributed by atoms with Gasteiger partial charge in [-0.25, -0.2) is 0 Å². The van der Waals surface area contributed by atoms with E-state index >= 15 is 0 Å². The fourth-order valence-corrected chi connectivity index (χ4v) is 2.54. The topological polar surface area (TPSA) is 18.5 Å². The normalized spacial score (nSPS) is 18.9. The van der Waals surface area contributed by atoms with Crippen LogP contribution < -0.4 is 5.32 Å². The van der Waals surface area contributed by atoms with Crippen molar-refractivity contribution in [2.45, 2.75) is 33.6 Å². The summed E-state index contributed by atoms with van der Waals surface area (Å²) < 4.78 is 0. The van der Waals surface area contributed by atoms with Crippen LogP contribution in [0.4, 0.5) is 0 Å². The zero-order valence-electron chi connectivity index (χ0n) is 12.3. The molecule has 1 heterocycles. The molecule has 3 nitrogen and oxygen atoms in total. The Morgan fingerprint density at radius 3 is 2.35 bits per heavy atom. The number of unbranched alkanes of at least 4 members (excludes halogenated alkanes) is 1. The molecule has 1 aliphatic heterocycles. The van der Waals surface area contributed by atoms with E-state index in [1.807, 2.05) is 0 Å². The van der Waals surface area contributed by atoms with Crippen LogP contribution in [0, 0.1) is 5.41 Å². The molecule has 1 fully saturated rings. The number of hydrogen-bond acceptors (Lipinski definition) is 3. The number of rotatable bonds is 6. The van der Waals surface area contributed by atoms with Crippen LogP contribution >= 0.6 is 0 Å². The lowest BCUT2D eigenvalue weighted by molar-refractivity contribution is 0.208. The second-order valence-electron chi connectivity index (χ2n) is 6.60. The fourth-order valence-electron chi connectivity index (χ4n) is 2.54. The highest BCUT2D eigenvalue weighted by molar-refractivity contribution is 4.69. The lowest BCUT2D eigenvalue weighted by Crippen LogP contribution is -2.43. The van der Waals surface area contributed by atoms with Crippen molar-refractivity contribution in [1.29, 1.82) is 0 Å². The third-order valence-corrected chi connectivity index (χ3v) is 3.22. The van der Waals surface area contributed by atoms with Crippen molar-refractivity contribution < 1.29 is 0 Å². The Morgan fingerprint density at radius 2 is 1.76 bits per heavy atom. The van der Waals surface area contributed by atoms with E-state index < -0.39 is 0 Å². The van der Waals surface area contributed by atoms with Crippen LogP contribution in [-0.4, -0.2) is 62.7 Å². The molecular formula is C14H31N3. The Hall–Kier alpha value is -0.120. The van der Waals surface area contributed by atoms with Crippen molar-refractivity contribution in [2.75, 3.05) is 52.9 Å². The predicted octanol–water partition coefficient (Wildman–Crippen LogP) is 1.65. The van der Waals surface area contributed by atoms with Gasteiger partial charge in [0, 0.05) is 32.7 Å². The number of hydrogen-bond donors (Lipinski definition) is 1. The Labute approximate surface area is 108 Å². The van der Waals surface area contributed by atoms with Gasteiger partial charge in [-0.15, -0.1) is 0 Å². The van der Waals surface area contributed by atoms with E-state index in [1.165, 1.54) is 58.7 Å². The SMILES string of the molecule is CN(CCCCN1CCNCC1)CC(C)(C)C. The van der Waals surface area contributed by atoms with Crippen LogP contribution in [0.25, 0.3) is 0 Å². The first-order valence-corrected chi connectivity index (χ1v) is 7.09. The lowest BCUT2D eigenvalue weighted by Gasteiger charge is -2.28. The van der Waals surface area contributed by atoms with Crippen LogP contribution in [0.3, 0.4) is 0 Å². The molecule has 0 aliphatic carbocycles. The maximum Gasteiger partial charge on any atom is 0.0107 e. The van der Waals surface area contributed by atoms with Crippen LogP contribution in [0.2, 0.25) is 0 Å². The van der Waals surface area contributed by atoms with Gasteiger partial charge in [-0.2, -0.15) is 0 Å². The zero-order chi connectivity index (χ0) is 12.7. The van der Waals surface area contributed by atoms with Crippen molar-refractivity contribution in [3.8, 4) is 0 Å². The Balaban J connectivity index is 1.99. The fraction of sp³-hybridized carbons (Fsp3) is 1.00. The minimum absolute atomic E-state index is 0.424. The first kappa shape index (κ1) is 14.9. The van der Waals surface area contributed by atoms with E-state index in [2.05, 4.69) is 42.9 Å². The molecule has 1 aliphatic rings. The minimum atomic E-state index is 0.424. The van der Waals surface area contributed by atoms with Gasteiger partial charge in [0.25, 0.3) is 0 Å². The largest absolute Gasteiger partial charge is 0.314 e. The first-order chi connectivity index (χ1) is 7.97. The van der Waals surface area contributed by atoms with Gasteiger partial charge < -0.3 is 15.1 Å². The summed E-state index contributed by atoms with van der Waals surface area (Å²) in [6.07, 6.45) is 2.67. The molecule has 3 heteroatoms. The molecule has 0 aromatic carbocycles. The summed E-state index contributed by atoms with van der Waals surface area (Å²) in [4.78, 5) is 5.05. The highest BCUT2D eigenvalue weighted by atomic mass is 15.2. The molecule has 0 radical (unpaired) electrons. The number of nitrogens with one attached hydrogen (secondary N) is 1. The van der Waals surface area contributed by atoms with Gasteiger partial charge in [0.2, 0.25) is 0 Å². The van der Waals surface area contributed by atoms with Gasteiger partial charge in [0.1, 0.15) is 0 Å². The molecule has 0 amide bonds. The average molecular weight is 241 g/mol. The van der Waals surface area contributed by atoms with Crippen molar-refractivity contribution in [3.63, 3.8) is 0 Å². The molecule has 1 N–H and O–H groups in total. The van der Waals surface area contributed by atoms with E-state index in [0.29, 0.717) is 5.41 Å². The Bertz CT molecular complexity index is 192. The molecule has 0 aromatic rings. The average Bonchev–Trinajstić information content (AvgIpc) is 2.23. The van der Waals surface area contributed by atoms with Crippen LogP contribution in [0.5, 0.6) is 0 Å². The third-order valence-electron chi connectivity index (χ3n) is 3.22. The predicted molar refractivity (Wildman–Crippen MR) is 75.5 cm³/mol. The van der Waals surface area contributed by atoms with Gasteiger partial charge >= 0.3 is 0 Å². The molecule has 0 bridgehead atoms. The monoisotopic (exact) mass is 241 g/mol. The molecule has 0 unspecified atom stereocenters. The molecule has 0 spiro atoms. The summed E-state index contributed by atoms with van der Waals surface area (Å²) in [6.45, 7) is 15.5. The highest BCUT2D eigenvalue weighted by Crippen LogP contribution is 2.14. The van der Waals surface area contributed by atoms with Crippen molar-refractivity contribution in [2.24, 2.45) is 5.41 Å². The third kappa shape index (κ3) is 7.74. The van der Waals surface area contributed by atoms with Crippen molar-refractivity contribution in [1.82, 2.24) is 15.1 Å². The summed E-state index contributed by atoms with van der Waals surface area (Å²) in [6, 6.07) is 0. The number of nitrogens with zero attached hydrogens (tertiary/aromatic N) is 2. The second-order valence-corrected chi connectivity index (χ2v) is 6.60. The van der Waals surface area contributed by atoms with E-state index in [-0.39, 0.29) is 0 Å². The van der Waals surface area contributed by atoms with Gasteiger partial charge in [0.15, 0.2) is 0 Å². The summed E-state index contributed by atoms with van der Waals surface area (Å²) in [5.74, 6) is 0. The van der Waals surface area contributed by atoms with Crippen LogP contribution in [-0.2, 0) is 0 Å². The Morgan fingerprint density at radius 1 is 1.12 bits per heavy atom. The van der Waals surface area contributed by atoms with Crippen LogP contribution in [0.15, 0.2) is 0 Å². The summed E-state index contributed by atoms with van der Waals surface area (Å²) in [5, 5.41) is 3.40. The van der Waals surface area contributed by atoms with Gasteiger partial charge in [-0.05, 0) is 38.4 Å². The van der Waals surface area contributed by atoms with E-state index in [4.69, 9.17) is 0 Å². The van der Waals surface area contributed by atoms with Gasteiger partial charge in [0.05, 0.1) is 0 Å². The minimum Gasteiger partial charge on any atom is -0.314 e. The molecule has 1 saturated heterocycles. The molecule has 0 aromatic heterocycles. The maximum atomic E-state index is 3.40. The Kier molecular flexibility index (Phi) is 6.45. The molecular weight excluding hydrogens is 210 g/mol. The van der Waals surface area contributed by atoms with Crippen molar-refractivity contribution >= 4 is 0 Å². The lowest BCUT2D eigenvalue weighted by atomic mass is 9.96. The highest BCUT2D eigenvalue weighted by Gasteiger charge is 2.13. The quantitative estimate of drug-likeness (QED) is 0.713. The second kappa shape index (κ2) is 7.34. The molecule has 1 rings (SSSR count). The first-order valence-electron chi connectivity index (χ1n) is 7.09. The smallest absolute Gasteiger partial charge is 0.0107 e.